The van der Waals surface area contributed by atoms with Gasteiger partial charge < -0.3 is 10.4 Å². The zero-order chi connectivity index (χ0) is 19.7. The summed E-state index contributed by atoms with van der Waals surface area (Å²) in [4.78, 5) is 0. The van der Waals surface area contributed by atoms with Crippen molar-refractivity contribution < 1.29 is 20.9 Å². The molecule has 8 nitrogen and oxygen atoms in total. The average molecular weight is 378 g/mol. The first-order valence-electron chi connectivity index (χ1n) is 8.65. The lowest BCUT2D eigenvalue weighted by molar-refractivity contribution is -0.996. The molecule has 2 unspecified atom stereocenters. The van der Waals surface area contributed by atoms with Crippen molar-refractivity contribution in [1.82, 2.24) is 0 Å². The van der Waals surface area contributed by atoms with E-state index in [-0.39, 0.29) is 17.1 Å². The number of anilines is 1. The van der Waals surface area contributed by atoms with Crippen LogP contribution in [0.3, 0.4) is 0 Å². The van der Waals surface area contributed by atoms with Gasteiger partial charge >= 0.3 is 0 Å². The van der Waals surface area contributed by atoms with Gasteiger partial charge in [0.05, 0.1) is 11.8 Å². The molecular weight excluding hydrogens is 360 g/mol. The Morgan fingerprint density at radius 2 is 1.43 bits per heavy atom. The minimum Gasteiger partial charge on any atom is -0.595 e. The fourth-order valence-corrected chi connectivity index (χ4v) is 3.35. The van der Waals surface area contributed by atoms with E-state index < -0.39 is 10.5 Å². The molecule has 1 aliphatic carbocycles. The molecule has 0 fully saturated rings. The second-order valence-electron chi connectivity index (χ2n) is 6.43. The van der Waals surface area contributed by atoms with Gasteiger partial charge in [-0.1, -0.05) is 48.5 Å². The molecular formula is C20H18N4O4. The van der Waals surface area contributed by atoms with Crippen LogP contribution in [0.2, 0.25) is 0 Å². The van der Waals surface area contributed by atoms with Gasteiger partial charge in [-0.2, -0.15) is 15.6 Å². The molecule has 0 saturated heterocycles. The minimum absolute atomic E-state index is 0.0936. The van der Waals surface area contributed by atoms with Crippen LogP contribution in [-0.2, 0) is 6.42 Å². The van der Waals surface area contributed by atoms with Gasteiger partial charge in [0.1, 0.15) is 5.69 Å². The van der Waals surface area contributed by atoms with Crippen LogP contribution in [0.4, 0.5) is 17.1 Å². The number of hydrazone groups is 1. The Kier molecular flexibility index (Phi) is 4.88. The minimum atomic E-state index is -1.23. The lowest BCUT2D eigenvalue weighted by atomic mass is 9.85. The van der Waals surface area contributed by atoms with Crippen molar-refractivity contribution in [2.75, 3.05) is 5.43 Å². The van der Waals surface area contributed by atoms with E-state index in [1.807, 2.05) is 48.5 Å². The lowest BCUT2D eigenvalue weighted by Crippen LogP contribution is -3.00. The van der Waals surface area contributed by atoms with E-state index in [0.717, 1.165) is 40.5 Å². The molecule has 28 heavy (non-hydrogen) atoms. The van der Waals surface area contributed by atoms with E-state index in [4.69, 9.17) is 5.21 Å². The molecule has 0 heterocycles. The third-order valence-corrected chi connectivity index (χ3v) is 4.71. The monoisotopic (exact) mass is 378 g/mol. The number of rotatable bonds is 4. The maximum atomic E-state index is 11.6. The highest BCUT2D eigenvalue weighted by Crippen LogP contribution is 2.28. The van der Waals surface area contributed by atoms with Gasteiger partial charge in [-0.15, -0.1) is 0 Å². The third kappa shape index (κ3) is 3.39. The Bertz CT molecular complexity index is 1000. The topological polar surface area (TPSA) is 120 Å². The summed E-state index contributed by atoms with van der Waals surface area (Å²) in [5.74, 6) is 0. The van der Waals surface area contributed by atoms with Crippen molar-refractivity contribution in [1.29, 1.82) is 0 Å². The van der Waals surface area contributed by atoms with E-state index in [9.17, 15) is 15.6 Å². The van der Waals surface area contributed by atoms with Crippen LogP contribution in [0.15, 0.2) is 71.8 Å². The first-order valence-corrected chi connectivity index (χ1v) is 8.65. The lowest BCUT2D eigenvalue weighted by Gasteiger charge is -2.22. The molecule has 142 valence electrons. The van der Waals surface area contributed by atoms with E-state index >= 15 is 0 Å². The van der Waals surface area contributed by atoms with Crippen LogP contribution in [0.1, 0.15) is 22.3 Å². The number of quaternary nitrogens is 2. The van der Waals surface area contributed by atoms with Crippen LogP contribution >= 0.6 is 0 Å². The molecule has 0 saturated carbocycles. The van der Waals surface area contributed by atoms with Gasteiger partial charge in [0.15, 0.2) is 11.4 Å². The standard InChI is InChI=1S/C20H18N4O4/c25-23(26)15-9-10-18(19(12-15)24(27)28)21-22-20-16-7-3-1-5-13(16)11-14-6-2-4-8-17(14)20/h1-10,12,21,23-25,27H,11H2. The summed E-state index contributed by atoms with van der Waals surface area (Å²) in [5.41, 5.74) is 7.77. The van der Waals surface area contributed by atoms with Crippen LogP contribution in [-0.4, -0.2) is 16.1 Å². The predicted octanol–water partition coefficient (Wildman–Crippen LogP) is 1.26. The molecule has 8 heteroatoms. The van der Waals surface area contributed by atoms with Crippen molar-refractivity contribution in [2.24, 2.45) is 5.10 Å². The van der Waals surface area contributed by atoms with E-state index in [1.165, 1.54) is 12.1 Å². The zero-order valence-corrected chi connectivity index (χ0v) is 14.7. The Morgan fingerprint density at radius 3 is 2.00 bits per heavy atom. The average Bonchev–Trinajstić information content (AvgIpc) is 2.70. The highest BCUT2D eigenvalue weighted by Gasteiger charge is 2.21. The smallest absolute Gasteiger partial charge is 0.195 e. The first kappa shape index (κ1) is 18.3. The molecule has 3 aromatic rings. The number of nitrogens with one attached hydrogen (secondary N) is 3. The summed E-state index contributed by atoms with van der Waals surface area (Å²) in [7, 11) is 0. The molecule has 0 aromatic heterocycles. The van der Waals surface area contributed by atoms with Gasteiger partial charge in [-0.3, -0.25) is 5.43 Å². The molecule has 0 bridgehead atoms. The number of nitrogens with zero attached hydrogens (tertiary/aromatic N) is 1. The predicted molar refractivity (Wildman–Crippen MR) is 103 cm³/mol. The summed E-state index contributed by atoms with van der Waals surface area (Å²) in [6, 6.07) is 19.8. The van der Waals surface area contributed by atoms with Gasteiger partial charge in [-0.05, 0) is 23.6 Å². The second kappa shape index (κ2) is 7.49. The summed E-state index contributed by atoms with van der Waals surface area (Å²) < 4.78 is 0. The molecule has 1 aliphatic rings. The maximum Gasteiger partial charge on any atom is 0.195 e. The van der Waals surface area contributed by atoms with Crippen LogP contribution < -0.4 is 15.9 Å². The van der Waals surface area contributed by atoms with E-state index in [2.05, 4.69) is 10.5 Å². The van der Waals surface area contributed by atoms with Gasteiger partial charge in [0.2, 0.25) is 0 Å². The molecule has 0 spiro atoms. The van der Waals surface area contributed by atoms with Gasteiger partial charge in [-0.25, -0.2) is 10.4 Å². The number of fused-ring (bicyclic) bond motifs is 2. The maximum absolute atomic E-state index is 11.6. The van der Waals surface area contributed by atoms with Gasteiger partial charge in [0, 0.05) is 17.2 Å². The molecule has 0 amide bonds. The van der Waals surface area contributed by atoms with Crippen LogP contribution in [0, 0.1) is 10.4 Å². The van der Waals surface area contributed by atoms with Crippen molar-refractivity contribution in [3.8, 4) is 0 Å². The van der Waals surface area contributed by atoms with Crippen molar-refractivity contribution in [2.45, 2.75) is 6.42 Å². The largest absolute Gasteiger partial charge is 0.595 e. The van der Waals surface area contributed by atoms with Crippen molar-refractivity contribution >= 4 is 22.8 Å². The summed E-state index contributed by atoms with van der Waals surface area (Å²) in [5, 5.41) is 43.3. The normalized spacial score (nSPS) is 14.6. The fourth-order valence-electron chi connectivity index (χ4n) is 3.35. The number of benzene rings is 3. The fraction of sp³-hybridized carbons (Fsp3) is 0.0500. The Hall–Kier alpha value is -3.11. The van der Waals surface area contributed by atoms with Crippen LogP contribution in [0.5, 0.6) is 0 Å². The van der Waals surface area contributed by atoms with Gasteiger partial charge in [0.25, 0.3) is 0 Å². The van der Waals surface area contributed by atoms with Crippen LogP contribution in [0.25, 0.3) is 0 Å². The molecule has 0 radical (unpaired) electrons. The zero-order valence-electron chi connectivity index (χ0n) is 14.7. The summed E-state index contributed by atoms with van der Waals surface area (Å²) >= 11 is 0. The molecule has 0 aliphatic heterocycles. The third-order valence-electron chi connectivity index (χ3n) is 4.71. The Labute approximate surface area is 160 Å². The van der Waals surface area contributed by atoms with Crippen molar-refractivity contribution in [3.63, 3.8) is 0 Å². The number of hydrogen-bond donors (Lipinski definition) is 5. The highest BCUT2D eigenvalue weighted by atomic mass is 16.8. The second-order valence-corrected chi connectivity index (χ2v) is 6.43. The molecule has 3 aromatic carbocycles. The van der Waals surface area contributed by atoms with E-state index in [0.29, 0.717) is 0 Å². The van der Waals surface area contributed by atoms with E-state index in [1.54, 1.807) is 0 Å². The summed E-state index contributed by atoms with van der Waals surface area (Å²) in [6.45, 7) is 0. The first-order chi connectivity index (χ1) is 13.5. The van der Waals surface area contributed by atoms with Crippen molar-refractivity contribution in [3.05, 3.63) is 99.4 Å². The molecule has 5 N–H and O–H groups in total. The highest BCUT2D eigenvalue weighted by molar-refractivity contribution is 6.16. The number of hydrogen-bond acceptors (Lipinski definition) is 6. The SMILES string of the molecule is [O-][NH+](O)c1ccc(NN=C2c3ccccc3Cc3ccccc32)c([NH+]([O-])O)c1. The Morgan fingerprint density at radius 1 is 0.821 bits per heavy atom. The quantitative estimate of drug-likeness (QED) is 0.343. The Balaban J connectivity index is 1.77. The summed E-state index contributed by atoms with van der Waals surface area (Å²) in [6.07, 6.45) is 0.805. The molecule has 2 atom stereocenters. The molecule has 4 rings (SSSR count).